The molecule has 0 radical (unpaired) electrons. The fourth-order valence-electron chi connectivity index (χ4n) is 2.03. The second-order valence-electron chi connectivity index (χ2n) is 5.04. The molecule has 6 heteroatoms. The molecule has 0 aliphatic rings. The Hall–Kier alpha value is -1.69. The first-order valence-electron chi connectivity index (χ1n) is 7.03. The summed E-state index contributed by atoms with van der Waals surface area (Å²) in [5, 5.41) is 2.65. The number of hydrogen-bond donors (Lipinski definition) is 1. The van der Waals surface area contributed by atoms with E-state index < -0.39 is 12.0 Å². The van der Waals surface area contributed by atoms with E-state index >= 15 is 0 Å². The molecule has 0 fully saturated rings. The standard InChI is InChI=1S/C16H23NO4S/c1-11-7-12(2)9-13(8-11)21-10-15(18)17-14(5-6-22-4)16(19)20-3/h7-9,14H,5-6,10H2,1-4H3,(H,17,18)/t14-/m0/s1. The van der Waals surface area contributed by atoms with Crippen molar-refractivity contribution in [1.29, 1.82) is 0 Å². The Kier molecular flexibility index (Phi) is 7.80. The molecule has 0 spiro atoms. The molecule has 0 aliphatic heterocycles. The summed E-state index contributed by atoms with van der Waals surface area (Å²) in [6.07, 6.45) is 2.47. The molecule has 0 heterocycles. The highest BCUT2D eigenvalue weighted by Crippen LogP contribution is 2.16. The summed E-state index contributed by atoms with van der Waals surface area (Å²) in [6, 6.07) is 5.13. The van der Waals surface area contributed by atoms with E-state index in [1.807, 2.05) is 38.3 Å². The van der Waals surface area contributed by atoms with Crippen molar-refractivity contribution < 1.29 is 19.1 Å². The van der Waals surface area contributed by atoms with Gasteiger partial charge in [0.1, 0.15) is 11.8 Å². The van der Waals surface area contributed by atoms with Crippen LogP contribution in [-0.4, -0.2) is 43.6 Å². The number of thioether (sulfide) groups is 1. The minimum absolute atomic E-state index is 0.129. The Morgan fingerprint density at radius 1 is 1.23 bits per heavy atom. The maximum absolute atomic E-state index is 11.9. The van der Waals surface area contributed by atoms with Crippen LogP contribution < -0.4 is 10.1 Å². The number of amides is 1. The number of rotatable bonds is 8. The molecule has 0 bridgehead atoms. The van der Waals surface area contributed by atoms with Crippen molar-refractivity contribution in [3.63, 3.8) is 0 Å². The molecule has 1 atom stereocenters. The Labute approximate surface area is 135 Å². The summed E-state index contributed by atoms with van der Waals surface area (Å²) in [7, 11) is 1.31. The largest absolute Gasteiger partial charge is 0.484 e. The fraction of sp³-hybridized carbons (Fsp3) is 0.500. The van der Waals surface area contributed by atoms with E-state index in [-0.39, 0.29) is 12.5 Å². The van der Waals surface area contributed by atoms with Gasteiger partial charge in [-0.05, 0) is 55.5 Å². The summed E-state index contributed by atoms with van der Waals surface area (Å²) in [5.74, 6) is 0.633. The number of carbonyl (C=O) groups is 2. The zero-order valence-corrected chi connectivity index (χ0v) is 14.3. The number of ether oxygens (including phenoxy) is 2. The minimum atomic E-state index is -0.632. The lowest BCUT2D eigenvalue weighted by atomic mass is 10.1. The summed E-state index contributed by atoms with van der Waals surface area (Å²) in [5.41, 5.74) is 2.14. The third kappa shape index (κ3) is 6.39. The fourth-order valence-corrected chi connectivity index (χ4v) is 2.50. The Morgan fingerprint density at radius 2 is 1.86 bits per heavy atom. The van der Waals surface area contributed by atoms with E-state index in [1.165, 1.54) is 7.11 Å². The predicted octanol–water partition coefficient (Wildman–Crippen LogP) is 2.09. The van der Waals surface area contributed by atoms with Crippen molar-refractivity contribution in [1.82, 2.24) is 5.32 Å². The van der Waals surface area contributed by atoms with Crippen LogP contribution in [0.5, 0.6) is 5.75 Å². The van der Waals surface area contributed by atoms with Crippen LogP contribution in [0.3, 0.4) is 0 Å². The van der Waals surface area contributed by atoms with Crippen molar-refractivity contribution in [2.45, 2.75) is 26.3 Å². The third-order valence-corrected chi connectivity index (χ3v) is 3.64. The highest BCUT2D eigenvalue weighted by atomic mass is 32.2. The van der Waals surface area contributed by atoms with Crippen LogP contribution in [0.4, 0.5) is 0 Å². The summed E-state index contributed by atoms with van der Waals surface area (Å²) >= 11 is 1.61. The predicted molar refractivity (Wildman–Crippen MR) is 88.4 cm³/mol. The molecule has 1 aromatic rings. The van der Waals surface area contributed by atoms with Gasteiger partial charge in [0, 0.05) is 0 Å². The topological polar surface area (TPSA) is 64.6 Å². The lowest BCUT2D eigenvalue weighted by Crippen LogP contribution is -2.43. The van der Waals surface area contributed by atoms with Crippen LogP contribution in [0.1, 0.15) is 17.5 Å². The second kappa shape index (κ2) is 9.35. The monoisotopic (exact) mass is 325 g/mol. The van der Waals surface area contributed by atoms with Crippen LogP contribution in [-0.2, 0) is 14.3 Å². The third-order valence-electron chi connectivity index (χ3n) is 3.00. The molecule has 1 aromatic carbocycles. The van der Waals surface area contributed by atoms with Crippen molar-refractivity contribution in [3.8, 4) is 5.75 Å². The highest BCUT2D eigenvalue weighted by Gasteiger charge is 2.21. The second-order valence-corrected chi connectivity index (χ2v) is 6.02. The number of methoxy groups -OCH3 is 1. The highest BCUT2D eigenvalue weighted by molar-refractivity contribution is 7.98. The van der Waals surface area contributed by atoms with Crippen LogP contribution in [0.25, 0.3) is 0 Å². The van der Waals surface area contributed by atoms with Gasteiger partial charge in [-0.2, -0.15) is 11.8 Å². The SMILES string of the molecule is COC(=O)[C@H](CCSC)NC(=O)COc1cc(C)cc(C)c1. The van der Waals surface area contributed by atoms with Crippen molar-refractivity contribution in [2.24, 2.45) is 0 Å². The summed E-state index contributed by atoms with van der Waals surface area (Å²) in [4.78, 5) is 23.6. The number of benzene rings is 1. The van der Waals surface area contributed by atoms with Crippen molar-refractivity contribution >= 4 is 23.6 Å². The smallest absolute Gasteiger partial charge is 0.328 e. The molecule has 122 valence electrons. The Morgan fingerprint density at radius 3 is 2.41 bits per heavy atom. The zero-order valence-electron chi connectivity index (χ0n) is 13.5. The number of carbonyl (C=O) groups excluding carboxylic acids is 2. The number of esters is 1. The zero-order chi connectivity index (χ0) is 16.5. The maximum atomic E-state index is 11.9. The lowest BCUT2D eigenvalue weighted by molar-refractivity contribution is -0.145. The van der Waals surface area contributed by atoms with E-state index in [0.717, 1.165) is 16.9 Å². The summed E-state index contributed by atoms with van der Waals surface area (Å²) in [6.45, 7) is 3.81. The van der Waals surface area contributed by atoms with Crippen LogP contribution >= 0.6 is 11.8 Å². The van der Waals surface area contributed by atoms with Crippen LogP contribution in [0.2, 0.25) is 0 Å². The number of nitrogens with one attached hydrogen (secondary N) is 1. The van der Waals surface area contributed by atoms with E-state index in [9.17, 15) is 9.59 Å². The molecule has 0 saturated carbocycles. The maximum Gasteiger partial charge on any atom is 0.328 e. The Bertz CT molecular complexity index is 499. The molecule has 22 heavy (non-hydrogen) atoms. The van der Waals surface area contributed by atoms with Gasteiger partial charge in [0.15, 0.2) is 6.61 Å². The molecule has 0 aliphatic carbocycles. The summed E-state index contributed by atoms with van der Waals surface area (Å²) < 4.78 is 10.2. The molecule has 0 aromatic heterocycles. The quantitative estimate of drug-likeness (QED) is 0.742. The van der Waals surface area contributed by atoms with Crippen LogP contribution in [0, 0.1) is 13.8 Å². The molecule has 5 nitrogen and oxygen atoms in total. The van der Waals surface area contributed by atoms with E-state index in [0.29, 0.717) is 12.2 Å². The van der Waals surface area contributed by atoms with Gasteiger partial charge < -0.3 is 14.8 Å². The minimum Gasteiger partial charge on any atom is -0.484 e. The molecule has 0 unspecified atom stereocenters. The van der Waals surface area contributed by atoms with Gasteiger partial charge in [-0.15, -0.1) is 0 Å². The van der Waals surface area contributed by atoms with Crippen molar-refractivity contribution in [2.75, 3.05) is 25.7 Å². The average molecular weight is 325 g/mol. The first-order valence-corrected chi connectivity index (χ1v) is 8.43. The molecular formula is C16H23NO4S. The Balaban J connectivity index is 2.54. The van der Waals surface area contributed by atoms with Gasteiger partial charge in [0.25, 0.3) is 5.91 Å². The average Bonchev–Trinajstić information content (AvgIpc) is 2.47. The molecule has 1 N–H and O–H groups in total. The molecule has 1 rings (SSSR count). The van der Waals surface area contributed by atoms with E-state index in [4.69, 9.17) is 9.47 Å². The van der Waals surface area contributed by atoms with E-state index in [2.05, 4.69) is 5.32 Å². The normalized spacial score (nSPS) is 11.6. The lowest BCUT2D eigenvalue weighted by Gasteiger charge is -2.16. The van der Waals surface area contributed by atoms with Gasteiger partial charge in [0.2, 0.25) is 0 Å². The molecule has 1 amide bonds. The number of hydrogen-bond acceptors (Lipinski definition) is 5. The van der Waals surface area contributed by atoms with Gasteiger partial charge in [-0.25, -0.2) is 4.79 Å². The van der Waals surface area contributed by atoms with Gasteiger partial charge in [-0.1, -0.05) is 6.07 Å². The van der Waals surface area contributed by atoms with Gasteiger partial charge in [-0.3, -0.25) is 4.79 Å². The van der Waals surface area contributed by atoms with E-state index in [1.54, 1.807) is 11.8 Å². The number of aryl methyl sites for hydroxylation is 2. The first-order chi connectivity index (χ1) is 10.5. The van der Waals surface area contributed by atoms with Crippen LogP contribution in [0.15, 0.2) is 18.2 Å². The van der Waals surface area contributed by atoms with Gasteiger partial charge in [0.05, 0.1) is 7.11 Å². The van der Waals surface area contributed by atoms with Crippen molar-refractivity contribution in [3.05, 3.63) is 29.3 Å². The molecular weight excluding hydrogens is 302 g/mol. The first kappa shape index (κ1) is 18.4. The molecule has 0 saturated heterocycles. The van der Waals surface area contributed by atoms with Gasteiger partial charge >= 0.3 is 5.97 Å².